The zero-order chi connectivity index (χ0) is 24.3. The van der Waals surface area contributed by atoms with Crippen LogP contribution >= 0.6 is 0 Å². The van der Waals surface area contributed by atoms with Gasteiger partial charge in [0.05, 0.1) is 39.6 Å². The molecule has 0 radical (unpaired) electrons. The SMILES string of the molecule is COC(OC)(C(=O)c1ccc(OCC(CO)CO)cc1)c1ccc(OCC(CO)CO)cc1. The van der Waals surface area contributed by atoms with Gasteiger partial charge in [-0.15, -0.1) is 0 Å². The average Bonchev–Trinajstić information content (AvgIpc) is 2.87. The summed E-state index contributed by atoms with van der Waals surface area (Å²) in [7, 11) is 2.75. The summed E-state index contributed by atoms with van der Waals surface area (Å²) in [5, 5.41) is 36.5. The number of rotatable bonds is 15. The highest BCUT2D eigenvalue weighted by Crippen LogP contribution is 2.32. The molecule has 0 spiro atoms. The predicted octanol–water partition coefficient (Wildman–Crippen LogP) is 0.974. The Bertz CT molecular complexity index is 824. The van der Waals surface area contributed by atoms with Crippen LogP contribution in [0.15, 0.2) is 48.5 Å². The first-order valence-electron chi connectivity index (χ1n) is 10.5. The zero-order valence-electron chi connectivity index (χ0n) is 18.8. The van der Waals surface area contributed by atoms with E-state index in [9.17, 15) is 4.79 Å². The summed E-state index contributed by atoms with van der Waals surface area (Å²) in [5.41, 5.74) is 0.792. The molecule has 0 heterocycles. The molecule has 0 aliphatic rings. The smallest absolute Gasteiger partial charge is 0.260 e. The van der Waals surface area contributed by atoms with Crippen molar-refractivity contribution >= 4 is 5.78 Å². The maximum Gasteiger partial charge on any atom is 0.260 e. The van der Waals surface area contributed by atoms with E-state index in [0.29, 0.717) is 22.6 Å². The van der Waals surface area contributed by atoms with Crippen LogP contribution in [0.2, 0.25) is 0 Å². The van der Waals surface area contributed by atoms with Crippen molar-refractivity contribution in [3.63, 3.8) is 0 Å². The van der Waals surface area contributed by atoms with Gasteiger partial charge in [0, 0.05) is 37.2 Å². The Morgan fingerprint density at radius 2 is 1.12 bits per heavy atom. The lowest BCUT2D eigenvalue weighted by Gasteiger charge is -2.30. The zero-order valence-corrected chi connectivity index (χ0v) is 18.8. The lowest BCUT2D eigenvalue weighted by Crippen LogP contribution is -2.40. The summed E-state index contributed by atoms with van der Waals surface area (Å²) in [5.74, 6) is -1.87. The summed E-state index contributed by atoms with van der Waals surface area (Å²) in [6, 6.07) is 13.0. The molecule has 0 bridgehead atoms. The summed E-state index contributed by atoms with van der Waals surface area (Å²) in [6.45, 7) is -0.461. The molecule has 0 aliphatic carbocycles. The largest absolute Gasteiger partial charge is 0.493 e. The van der Waals surface area contributed by atoms with Gasteiger partial charge in [-0.05, 0) is 48.5 Å². The Balaban J connectivity index is 2.16. The van der Waals surface area contributed by atoms with Gasteiger partial charge in [-0.2, -0.15) is 0 Å². The molecule has 0 aliphatic heterocycles. The summed E-state index contributed by atoms with van der Waals surface area (Å²) < 4.78 is 22.2. The van der Waals surface area contributed by atoms with Crippen LogP contribution in [0.4, 0.5) is 0 Å². The molecule has 2 aromatic carbocycles. The predicted molar refractivity (Wildman–Crippen MR) is 119 cm³/mol. The lowest BCUT2D eigenvalue weighted by molar-refractivity contribution is -0.176. The molecule has 2 aromatic rings. The summed E-state index contributed by atoms with van der Waals surface area (Å²) >= 11 is 0. The van der Waals surface area contributed by atoms with Crippen molar-refractivity contribution in [1.82, 2.24) is 0 Å². The molecular weight excluding hydrogens is 432 g/mol. The van der Waals surface area contributed by atoms with E-state index >= 15 is 0 Å². The van der Waals surface area contributed by atoms with Gasteiger partial charge < -0.3 is 39.4 Å². The van der Waals surface area contributed by atoms with Crippen LogP contribution in [0.5, 0.6) is 11.5 Å². The second-order valence-electron chi connectivity index (χ2n) is 7.49. The Morgan fingerprint density at radius 3 is 1.48 bits per heavy atom. The van der Waals surface area contributed by atoms with E-state index in [4.69, 9.17) is 39.4 Å². The highest BCUT2D eigenvalue weighted by atomic mass is 16.7. The quantitative estimate of drug-likeness (QED) is 0.225. The van der Waals surface area contributed by atoms with Crippen LogP contribution in [-0.4, -0.2) is 80.1 Å². The van der Waals surface area contributed by atoms with E-state index in [2.05, 4.69) is 0 Å². The van der Waals surface area contributed by atoms with Gasteiger partial charge in [0.25, 0.3) is 5.79 Å². The third kappa shape index (κ3) is 6.73. The topological polar surface area (TPSA) is 135 Å². The van der Waals surface area contributed by atoms with E-state index < -0.39 is 11.6 Å². The van der Waals surface area contributed by atoms with Gasteiger partial charge in [0.15, 0.2) is 0 Å². The molecule has 2 rings (SSSR count). The number of Topliss-reactive ketones (excluding diaryl/α,β-unsaturated/α-hetero) is 1. The van der Waals surface area contributed by atoms with Crippen molar-refractivity contribution in [2.75, 3.05) is 53.9 Å². The molecule has 4 N–H and O–H groups in total. The molecule has 33 heavy (non-hydrogen) atoms. The normalized spacial score (nSPS) is 11.8. The van der Waals surface area contributed by atoms with E-state index in [-0.39, 0.29) is 51.5 Å². The van der Waals surface area contributed by atoms with Crippen molar-refractivity contribution in [3.8, 4) is 11.5 Å². The van der Waals surface area contributed by atoms with Crippen LogP contribution in [0.1, 0.15) is 15.9 Å². The molecular formula is C24H32O9. The van der Waals surface area contributed by atoms with E-state index in [1.807, 2.05) is 0 Å². The maximum absolute atomic E-state index is 13.3. The number of methoxy groups -OCH3 is 2. The number of aliphatic hydroxyl groups excluding tert-OH is 4. The first kappa shape index (κ1) is 26.7. The molecule has 0 fully saturated rings. The third-order valence-electron chi connectivity index (χ3n) is 5.23. The molecule has 0 amide bonds. The second-order valence-corrected chi connectivity index (χ2v) is 7.49. The van der Waals surface area contributed by atoms with Crippen molar-refractivity contribution in [3.05, 3.63) is 59.7 Å². The van der Waals surface area contributed by atoms with Crippen LogP contribution in [0.25, 0.3) is 0 Å². The van der Waals surface area contributed by atoms with Crippen LogP contribution in [0, 0.1) is 11.8 Å². The number of hydrogen-bond acceptors (Lipinski definition) is 9. The minimum Gasteiger partial charge on any atom is -0.493 e. The number of ether oxygens (including phenoxy) is 4. The van der Waals surface area contributed by atoms with E-state index in [1.54, 1.807) is 48.5 Å². The summed E-state index contributed by atoms with van der Waals surface area (Å²) in [4.78, 5) is 13.3. The molecule has 0 aromatic heterocycles. The average molecular weight is 465 g/mol. The lowest BCUT2D eigenvalue weighted by atomic mass is 9.95. The van der Waals surface area contributed by atoms with Crippen molar-refractivity contribution < 1.29 is 44.2 Å². The van der Waals surface area contributed by atoms with E-state index in [1.165, 1.54) is 14.2 Å². The fourth-order valence-corrected chi connectivity index (χ4v) is 3.05. The molecule has 182 valence electrons. The van der Waals surface area contributed by atoms with Crippen molar-refractivity contribution in [1.29, 1.82) is 0 Å². The molecule has 0 atom stereocenters. The fraction of sp³-hybridized carbons (Fsp3) is 0.458. The molecule has 9 nitrogen and oxygen atoms in total. The minimum atomic E-state index is -1.68. The van der Waals surface area contributed by atoms with Crippen molar-refractivity contribution in [2.45, 2.75) is 5.79 Å². The first-order valence-corrected chi connectivity index (χ1v) is 10.5. The number of ketones is 1. The monoisotopic (exact) mass is 464 g/mol. The first-order chi connectivity index (χ1) is 16.0. The fourth-order valence-electron chi connectivity index (χ4n) is 3.05. The molecule has 9 heteroatoms. The van der Waals surface area contributed by atoms with Crippen LogP contribution in [0.3, 0.4) is 0 Å². The Kier molecular flexibility index (Phi) is 10.7. The Hall–Kier alpha value is -2.53. The van der Waals surface area contributed by atoms with Gasteiger partial charge in [-0.3, -0.25) is 4.79 Å². The van der Waals surface area contributed by atoms with Gasteiger partial charge in [0.2, 0.25) is 5.78 Å². The van der Waals surface area contributed by atoms with Gasteiger partial charge in [-0.25, -0.2) is 0 Å². The number of hydrogen-bond donors (Lipinski definition) is 4. The molecule has 0 unspecified atom stereocenters. The van der Waals surface area contributed by atoms with Gasteiger partial charge in [-0.1, -0.05) is 0 Å². The summed E-state index contributed by atoms with van der Waals surface area (Å²) in [6.07, 6.45) is 0. The standard InChI is InChI=1S/C24H32O9/c1-30-24(31-2,20-5-9-22(10-6-20)33-16-18(13-27)14-28)23(29)19-3-7-21(8-4-19)32-15-17(11-25)12-26/h3-10,17-18,25-28H,11-16H2,1-2H3. The number of carbonyl (C=O) groups excluding carboxylic acids is 1. The van der Waals surface area contributed by atoms with E-state index in [0.717, 1.165) is 0 Å². The minimum absolute atomic E-state index is 0.145. The number of aliphatic hydroxyl groups is 4. The second kappa shape index (κ2) is 13.2. The van der Waals surface area contributed by atoms with Gasteiger partial charge >= 0.3 is 0 Å². The Morgan fingerprint density at radius 1 is 0.727 bits per heavy atom. The van der Waals surface area contributed by atoms with Crippen LogP contribution < -0.4 is 9.47 Å². The third-order valence-corrected chi connectivity index (χ3v) is 5.23. The maximum atomic E-state index is 13.3. The van der Waals surface area contributed by atoms with Gasteiger partial charge in [0.1, 0.15) is 11.5 Å². The number of benzene rings is 2. The molecule has 0 saturated carbocycles. The van der Waals surface area contributed by atoms with Crippen LogP contribution in [-0.2, 0) is 15.3 Å². The highest BCUT2D eigenvalue weighted by molar-refractivity contribution is 6.02. The van der Waals surface area contributed by atoms with Crippen molar-refractivity contribution in [2.24, 2.45) is 11.8 Å². The highest BCUT2D eigenvalue weighted by Gasteiger charge is 2.41. The Labute approximate surface area is 193 Å². The molecule has 0 saturated heterocycles. The number of carbonyl (C=O) groups is 1.